The second-order valence-electron chi connectivity index (χ2n) is 15.2. The lowest BCUT2D eigenvalue weighted by atomic mass is 9.34. The number of para-hydroxylation sites is 4. The molecule has 276 valence electrons. The Labute approximate surface area is 342 Å². The summed E-state index contributed by atoms with van der Waals surface area (Å²) in [5, 5.41) is 2.29. The average Bonchev–Trinajstić information content (AvgIpc) is 3.62. The van der Waals surface area contributed by atoms with Crippen molar-refractivity contribution in [2.45, 2.75) is 0 Å². The van der Waals surface area contributed by atoms with Gasteiger partial charge in [-0.15, -0.1) is 0 Å². The predicted octanol–water partition coefficient (Wildman–Crippen LogP) is 12.3. The molecule has 2 aliphatic rings. The molecule has 0 atom stereocenters. The Balaban J connectivity index is 1.15. The van der Waals surface area contributed by atoms with E-state index in [2.05, 4.69) is 222 Å². The van der Waals surface area contributed by atoms with Gasteiger partial charge in [0.1, 0.15) is 23.0 Å². The molecule has 0 fully saturated rings. The lowest BCUT2D eigenvalue weighted by Gasteiger charge is -2.35. The lowest BCUT2D eigenvalue weighted by molar-refractivity contribution is 0.467. The van der Waals surface area contributed by atoms with Gasteiger partial charge in [-0.1, -0.05) is 140 Å². The molecule has 4 nitrogen and oxygen atoms in total. The van der Waals surface area contributed by atoms with Crippen LogP contribution in [-0.4, -0.2) is 11.3 Å². The highest BCUT2D eigenvalue weighted by Crippen LogP contribution is 2.47. The molecule has 0 radical (unpaired) electrons. The first-order valence-corrected chi connectivity index (χ1v) is 20.1. The van der Waals surface area contributed by atoms with Gasteiger partial charge in [0, 0.05) is 50.1 Å². The zero-order chi connectivity index (χ0) is 38.9. The van der Waals surface area contributed by atoms with Gasteiger partial charge in [0.2, 0.25) is 0 Å². The molecule has 0 amide bonds. The number of fused-ring (bicyclic) bond motifs is 7. The van der Waals surface area contributed by atoms with Crippen LogP contribution in [0.4, 0.5) is 17.1 Å². The zero-order valence-electron chi connectivity index (χ0n) is 32.0. The van der Waals surface area contributed by atoms with E-state index in [1.165, 1.54) is 0 Å². The van der Waals surface area contributed by atoms with Crippen molar-refractivity contribution >= 4 is 62.0 Å². The first-order valence-electron chi connectivity index (χ1n) is 20.1. The smallest absolute Gasteiger partial charge is 0.260 e. The first kappa shape index (κ1) is 33.4. The molecule has 0 saturated heterocycles. The largest absolute Gasteiger partial charge is 0.458 e. The van der Waals surface area contributed by atoms with Gasteiger partial charge >= 0.3 is 0 Å². The number of benzene rings is 9. The maximum atomic E-state index is 7.27. The third-order valence-corrected chi connectivity index (χ3v) is 11.9. The Morgan fingerprint density at radius 2 is 0.915 bits per heavy atom. The van der Waals surface area contributed by atoms with Crippen molar-refractivity contribution in [2.24, 2.45) is 0 Å². The van der Waals surface area contributed by atoms with Gasteiger partial charge in [-0.25, -0.2) is 0 Å². The maximum absolute atomic E-state index is 7.27. The van der Waals surface area contributed by atoms with Crippen molar-refractivity contribution in [3.05, 3.63) is 212 Å². The molecule has 10 aromatic rings. The number of aromatic nitrogens is 1. The summed E-state index contributed by atoms with van der Waals surface area (Å²) in [6.07, 6.45) is 0. The monoisotopic (exact) mass is 754 g/mol. The van der Waals surface area contributed by atoms with Crippen LogP contribution in [0.5, 0.6) is 23.0 Å². The SMILES string of the molecule is c1ccc(-c2cc(-c3ccccc3)c3c4c2Oc2ccccc2B4c2cc4c(cc2O3)c2ccc(N(c3ccccc3)c3ccccc3)cc2n4-c2ccccc2)cc1. The molecule has 0 bridgehead atoms. The number of rotatable bonds is 6. The van der Waals surface area contributed by atoms with Crippen molar-refractivity contribution in [3.8, 4) is 50.9 Å². The fourth-order valence-corrected chi connectivity index (χ4v) is 9.28. The summed E-state index contributed by atoms with van der Waals surface area (Å²) in [5.74, 6) is 3.40. The molecule has 1 aromatic heterocycles. The third-order valence-electron chi connectivity index (χ3n) is 11.9. The van der Waals surface area contributed by atoms with Gasteiger partial charge in [0.25, 0.3) is 6.71 Å². The van der Waals surface area contributed by atoms with Crippen molar-refractivity contribution in [2.75, 3.05) is 4.90 Å². The van der Waals surface area contributed by atoms with Crippen LogP contribution < -0.4 is 30.8 Å². The molecule has 59 heavy (non-hydrogen) atoms. The second-order valence-corrected chi connectivity index (χ2v) is 15.2. The van der Waals surface area contributed by atoms with E-state index in [0.29, 0.717) is 0 Å². The quantitative estimate of drug-likeness (QED) is 0.158. The molecule has 5 heteroatoms. The molecular formula is C54H35BN2O2. The Bertz CT molecular complexity index is 3170. The van der Waals surface area contributed by atoms with E-state index in [-0.39, 0.29) is 6.71 Å². The second kappa shape index (κ2) is 13.4. The summed E-state index contributed by atoms with van der Waals surface area (Å²) in [5.41, 5.74) is 14.2. The predicted molar refractivity (Wildman–Crippen MR) is 244 cm³/mol. The van der Waals surface area contributed by atoms with Gasteiger partial charge in [-0.3, -0.25) is 0 Å². The fraction of sp³-hybridized carbons (Fsp3) is 0. The first-order chi connectivity index (χ1) is 29.3. The van der Waals surface area contributed by atoms with Gasteiger partial charge < -0.3 is 18.9 Å². The topological polar surface area (TPSA) is 26.6 Å². The van der Waals surface area contributed by atoms with E-state index in [1.54, 1.807) is 0 Å². The van der Waals surface area contributed by atoms with Gasteiger partial charge in [0.05, 0.1) is 11.0 Å². The Morgan fingerprint density at radius 1 is 0.390 bits per heavy atom. The summed E-state index contributed by atoms with van der Waals surface area (Å²) >= 11 is 0. The number of hydrogen-bond donors (Lipinski definition) is 0. The lowest BCUT2D eigenvalue weighted by Crippen LogP contribution is -2.57. The summed E-state index contributed by atoms with van der Waals surface area (Å²) in [6, 6.07) is 75.3. The Morgan fingerprint density at radius 3 is 1.54 bits per heavy atom. The van der Waals surface area contributed by atoms with Crippen LogP contribution in [0.25, 0.3) is 49.7 Å². The highest BCUT2D eigenvalue weighted by molar-refractivity contribution is 6.98. The normalized spacial score (nSPS) is 12.3. The molecule has 12 rings (SSSR count). The molecule has 2 aliphatic heterocycles. The third kappa shape index (κ3) is 5.32. The van der Waals surface area contributed by atoms with E-state index >= 15 is 0 Å². The van der Waals surface area contributed by atoms with Crippen LogP contribution >= 0.6 is 0 Å². The van der Waals surface area contributed by atoms with Crippen molar-refractivity contribution in [3.63, 3.8) is 0 Å². The minimum Gasteiger partial charge on any atom is -0.458 e. The van der Waals surface area contributed by atoms with Gasteiger partial charge in [-0.2, -0.15) is 0 Å². The Kier molecular flexibility index (Phi) is 7.60. The highest BCUT2D eigenvalue weighted by atomic mass is 16.5. The number of hydrogen-bond acceptors (Lipinski definition) is 3. The number of nitrogens with zero attached hydrogens (tertiary/aromatic N) is 2. The molecule has 3 heterocycles. The number of ether oxygens (including phenoxy) is 2. The van der Waals surface area contributed by atoms with Crippen molar-refractivity contribution < 1.29 is 9.47 Å². The van der Waals surface area contributed by atoms with Gasteiger partial charge in [-0.05, 0) is 94.8 Å². The Hall–Kier alpha value is -7.76. The molecule has 0 saturated carbocycles. The molecule has 0 unspecified atom stereocenters. The van der Waals surface area contributed by atoms with Crippen LogP contribution in [0.2, 0.25) is 0 Å². The van der Waals surface area contributed by atoms with Crippen molar-refractivity contribution in [1.29, 1.82) is 0 Å². The molecule has 0 aliphatic carbocycles. The number of anilines is 3. The van der Waals surface area contributed by atoms with Crippen LogP contribution in [0, 0.1) is 0 Å². The van der Waals surface area contributed by atoms with E-state index in [4.69, 9.17) is 9.47 Å². The average molecular weight is 755 g/mol. The summed E-state index contributed by atoms with van der Waals surface area (Å²) < 4.78 is 16.6. The van der Waals surface area contributed by atoms with Crippen LogP contribution in [0.3, 0.4) is 0 Å². The minimum atomic E-state index is -0.131. The zero-order valence-corrected chi connectivity index (χ0v) is 32.0. The fourth-order valence-electron chi connectivity index (χ4n) is 9.28. The minimum absolute atomic E-state index is 0.131. The summed E-state index contributed by atoms with van der Waals surface area (Å²) in [7, 11) is 0. The summed E-state index contributed by atoms with van der Waals surface area (Å²) in [6.45, 7) is -0.131. The van der Waals surface area contributed by atoms with E-state index in [0.717, 1.165) is 106 Å². The highest BCUT2D eigenvalue weighted by Gasteiger charge is 2.43. The maximum Gasteiger partial charge on any atom is 0.260 e. The van der Waals surface area contributed by atoms with Gasteiger partial charge in [0.15, 0.2) is 0 Å². The molecule has 9 aromatic carbocycles. The van der Waals surface area contributed by atoms with E-state index < -0.39 is 0 Å². The van der Waals surface area contributed by atoms with Crippen LogP contribution in [0.15, 0.2) is 212 Å². The summed E-state index contributed by atoms with van der Waals surface area (Å²) in [4.78, 5) is 2.33. The van der Waals surface area contributed by atoms with Crippen LogP contribution in [0.1, 0.15) is 0 Å². The van der Waals surface area contributed by atoms with E-state index in [9.17, 15) is 0 Å². The van der Waals surface area contributed by atoms with Crippen molar-refractivity contribution in [1.82, 2.24) is 4.57 Å². The van der Waals surface area contributed by atoms with Crippen LogP contribution in [-0.2, 0) is 0 Å². The molecule has 0 spiro atoms. The van der Waals surface area contributed by atoms with E-state index in [1.807, 2.05) is 0 Å². The molecular weight excluding hydrogens is 719 g/mol. The standard InChI is InChI=1S/C54H35BN2O2/c1-6-18-36(19-7-1)43-33-44(37-20-8-2-9-21-37)54-52-53(43)58-50-29-17-16-28-46(50)55(52)47-35-49-45(34-51(47)59-54)42-31-30-41(32-48(42)57(49)40-26-14-5-15-27-40)56(38-22-10-3-11-23-38)39-24-12-4-13-25-39/h1-35H. The molecule has 0 N–H and O–H groups in total.